The normalized spacial score (nSPS) is 13.8. The maximum atomic E-state index is 2.29. The summed E-state index contributed by atoms with van der Waals surface area (Å²) in [6.07, 6.45) is 3.49. The second-order valence-corrected chi connectivity index (χ2v) is 5.10. The fourth-order valence-electron chi connectivity index (χ4n) is 3.03. The lowest BCUT2D eigenvalue weighted by molar-refractivity contribution is 0.944. The Morgan fingerprint density at radius 3 is 1.65 bits per heavy atom. The molecule has 1 aliphatic rings. The van der Waals surface area contributed by atoms with Crippen LogP contribution in [0.5, 0.6) is 0 Å². The molecule has 0 aromatic heterocycles. The van der Waals surface area contributed by atoms with Gasteiger partial charge in [-0.15, -0.1) is 0 Å². The summed E-state index contributed by atoms with van der Waals surface area (Å²) in [5.41, 5.74) is 9.09. The van der Waals surface area contributed by atoms with Gasteiger partial charge in [0, 0.05) is 0 Å². The van der Waals surface area contributed by atoms with Crippen LogP contribution < -0.4 is 0 Å². The molecule has 0 bridgehead atoms. The van der Waals surface area contributed by atoms with Crippen molar-refractivity contribution in [1.29, 1.82) is 0 Å². The van der Waals surface area contributed by atoms with Crippen LogP contribution in [-0.2, 0) is 19.3 Å². The molecular weight excluding hydrogens is 204 g/mol. The van der Waals surface area contributed by atoms with E-state index >= 15 is 0 Å². The van der Waals surface area contributed by atoms with E-state index in [-0.39, 0.29) is 0 Å². The van der Waals surface area contributed by atoms with Gasteiger partial charge in [-0.3, -0.25) is 0 Å². The van der Waals surface area contributed by atoms with Gasteiger partial charge in [-0.2, -0.15) is 0 Å². The molecule has 0 heterocycles. The standard InChI is InChI=1S/C17H18/c1-12-5-3-7-14-11-15-8-4-6-13(2)17(15)10-9-16(12)14/h3-8H,9-11H2,1-2H3. The highest BCUT2D eigenvalue weighted by Gasteiger charge is 2.15. The maximum absolute atomic E-state index is 2.29. The zero-order chi connectivity index (χ0) is 11.8. The van der Waals surface area contributed by atoms with E-state index in [1.54, 1.807) is 11.1 Å². The fraction of sp³-hybridized carbons (Fsp3) is 0.294. The lowest BCUT2D eigenvalue weighted by Crippen LogP contribution is -1.95. The van der Waals surface area contributed by atoms with Crippen molar-refractivity contribution in [3.8, 4) is 0 Å². The Morgan fingerprint density at radius 1 is 0.706 bits per heavy atom. The monoisotopic (exact) mass is 222 g/mol. The molecule has 0 fully saturated rings. The first-order valence-electron chi connectivity index (χ1n) is 6.40. The summed E-state index contributed by atoms with van der Waals surface area (Å²) in [4.78, 5) is 0. The molecule has 86 valence electrons. The van der Waals surface area contributed by atoms with Crippen molar-refractivity contribution in [3.05, 3.63) is 69.8 Å². The van der Waals surface area contributed by atoms with Gasteiger partial charge in [0.2, 0.25) is 0 Å². The minimum absolute atomic E-state index is 1.11. The van der Waals surface area contributed by atoms with Crippen LogP contribution in [0.4, 0.5) is 0 Å². The van der Waals surface area contributed by atoms with Crippen LogP contribution in [0.15, 0.2) is 36.4 Å². The zero-order valence-electron chi connectivity index (χ0n) is 10.6. The maximum Gasteiger partial charge on any atom is -0.00201 e. The summed E-state index contributed by atoms with van der Waals surface area (Å²) < 4.78 is 0. The number of hydrogen-bond donors (Lipinski definition) is 0. The van der Waals surface area contributed by atoms with Crippen molar-refractivity contribution < 1.29 is 0 Å². The molecule has 0 atom stereocenters. The highest BCUT2D eigenvalue weighted by Crippen LogP contribution is 2.27. The van der Waals surface area contributed by atoms with E-state index in [2.05, 4.69) is 50.2 Å². The molecule has 1 aliphatic carbocycles. The number of fused-ring (bicyclic) bond motifs is 2. The molecule has 17 heavy (non-hydrogen) atoms. The van der Waals surface area contributed by atoms with Gasteiger partial charge in [-0.1, -0.05) is 36.4 Å². The van der Waals surface area contributed by atoms with E-state index in [0.717, 1.165) is 6.42 Å². The summed E-state index contributed by atoms with van der Waals surface area (Å²) in [5, 5.41) is 0. The van der Waals surface area contributed by atoms with Crippen molar-refractivity contribution in [1.82, 2.24) is 0 Å². The lowest BCUT2D eigenvalue weighted by atomic mass is 9.97. The predicted molar refractivity (Wildman–Crippen MR) is 72.6 cm³/mol. The molecule has 0 unspecified atom stereocenters. The van der Waals surface area contributed by atoms with Gasteiger partial charge in [-0.05, 0) is 66.5 Å². The summed E-state index contributed by atoms with van der Waals surface area (Å²) in [6, 6.07) is 13.4. The fourth-order valence-corrected chi connectivity index (χ4v) is 3.03. The number of rotatable bonds is 0. The van der Waals surface area contributed by atoms with Crippen LogP contribution in [0.1, 0.15) is 33.4 Å². The first-order valence-corrected chi connectivity index (χ1v) is 6.40. The molecule has 0 heteroatoms. The van der Waals surface area contributed by atoms with Gasteiger partial charge < -0.3 is 0 Å². The molecule has 2 aromatic rings. The van der Waals surface area contributed by atoms with E-state index in [0.29, 0.717) is 0 Å². The second-order valence-electron chi connectivity index (χ2n) is 5.10. The third kappa shape index (κ3) is 1.78. The van der Waals surface area contributed by atoms with E-state index in [1.165, 1.54) is 35.1 Å². The van der Waals surface area contributed by atoms with E-state index < -0.39 is 0 Å². The summed E-state index contributed by atoms with van der Waals surface area (Å²) in [5.74, 6) is 0. The van der Waals surface area contributed by atoms with Crippen LogP contribution in [0.3, 0.4) is 0 Å². The first-order chi connectivity index (χ1) is 8.25. The average Bonchev–Trinajstić information content (AvgIpc) is 2.50. The summed E-state index contributed by atoms with van der Waals surface area (Å²) >= 11 is 0. The van der Waals surface area contributed by atoms with Crippen molar-refractivity contribution in [2.75, 3.05) is 0 Å². The molecule has 0 nitrogen and oxygen atoms in total. The van der Waals surface area contributed by atoms with Crippen LogP contribution in [-0.4, -0.2) is 0 Å². The van der Waals surface area contributed by atoms with Gasteiger partial charge in [0.25, 0.3) is 0 Å². The van der Waals surface area contributed by atoms with Gasteiger partial charge in [-0.25, -0.2) is 0 Å². The third-order valence-electron chi connectivity index (χ3n) is 4.02. The van der Waals surface area contributed by atoms with Crippen LogP contribution in [0.2, 0.25) is 0 Å². The molecule has 3 rings (SSSR count). The van der Waals surface area contributed by atoms with Gasteiger partial charge in [0.05, 0.1) is 0 Å². The zero-order valence-corrected chi connectivity index (χ0v) is 10.6. The van der Waals surface area contributed by atoms with Crippen molar-refractivity contribution in [3.63, 3.8) is 0 Å². The van der Waals surface area contributed by atoms with Gasteiger partial charge >= 0.3 is 0 Å². The number of benzene rings is 2. The van der Waals surface area contributed by atoms with Crippen molar-refractivity contribution in [2.45, 2.75) is 33.1 Å². The van der Waals surface area contributed by atoms with E-state index in [9.17, 15) is 0 Å². The Hall–Kier alpha value is -1.56. The molecule has 0 N–H and O–H groups in total. The molecule has 0 saturated heterocycles. The van der Waals surface area contributed by atoms with Crippen LogP contribution >= 0.6 is 0 Å². The summed E-state index contributed by atoms with van der Waals surface area (Å²) in [6.45, 7) is 4.48. The van der Waals surface area contributed by atoms with Crippen LogP contribution in [0.25, 0.3) is 0 Å². The molecule has 2 aromatic carbocycles. The highest BCUT2D eigenvalue weighted by atomic mass is 14.2. The largest absolute Gasteiger partial charge is 0.0617 e. The average molecular weight is 222 g/mol. The lowest BCUT2D eigenvalue weighted by Gasteiger charge is -2.08. The predicted octanol–water partition coefficient (Wildman–Crippen LogP) is 3.99. The molecule has 0 saturated carbocycles. The van der Waals surface area contributed by atoms with E-state index in [4.69, 9.17) is 0 Å². The molecule has 0 amide bonds. The molecule has 0 radical (unpaired) electrons. The number of aryl methyl sites for hydroxylation is 2. The SMILES string of the molecule is Cc1cccc2c1CCc1c(C)cccc1C2. The Kier molecular flexibility index (Phi) is 2.51. The topological polar surface area (TPSA) is 0 Å². The van der Waals surface area contributed by atoms with Crippen molar-refractivity contribution in [2.24, 2.45) is 0 Å². The second kappa shape index (κ2) is 4.03. The van der Waals surface area contributed by atoms with Crippen LogP contribution in [0, 0.1) is 13.8 Å². The number of hydrogen-bond acceptors (Lipinski definition) is 0. The quantitative estimate of drug-likeness (QED) is 0.632. The van der Waals surface area contributed by atoms with Gasteiger partial charge in [0.1, 0.15) is 0 Å². The molecular formula is C17H18. The minimum Gasteiger partial charge on any atom is -0.0617 e. The Balaban J connectivity index is 2.14. The smallest absolute Gasteiger partial charge is 0.00201 e. The van der Waals surface area contributed by atoms with E-state index in [1.807, 2.05) is 0 Å². The van der Waals surface area contributed by atoms with Crippen molar-refractivity contribution >= 4 is 0 Å². The molecule has 0 aliphatic heterocycles. The Bertz CT molecular complexity index is 513. The minimum atomic E-state index is 1.11. The van der Waals surface area contributed by atoms with Gasteiger partial charge in [0.15, 0.2) is 0 Å². The first kappa shape index (κ1) is 10.6. The third-order valence-corrected chi connectivity index (χ3v) is 4.02. The highest BCUT2D eigenvalue weighted by molar-refractivity contribution is 5.45. The Labute approximate surface area is 103 Å². The molecule has 0 spiro atoms. The summed E-state index contributed by atoms with van der Waals surface area (Å²) in [7, 11) is 0. The Morgan fingerprint density at radius 2 is 1.18 bits per heavy atom.